The average Bonchev–Trinajstić information content (AvgIpc) is 2.38. The van der Waals surface area contributed by atoms with Gasteiger partial charge in [0, 0.05) is 12.2 Å². The molecular formula is C12H13N3O4S. The number of hydrogen-bond donors (Lipinski definition) is 3. The molecule has 0 fully saturated rings. The molecule has 1 aromatic carbocycles. The van der Waals surface area contributed by atoms with E-state index in [-0.39, 0.29) is 0 Å². The summed E-state index contributed by atoms with van der Waals surface area (Å²) >= 11 is 0. The van der Waals surface area contributed by atoms with Crippen LogP contribution < -0.4 is 16.0 Å². The number of nitrogens with one attached hydrogen (secondary N) is 3. The highest BCUT2D eigenvalue weighted by molar-refractivity contribution is 7.89. The summed E-state index contributed by atoms with van der Waals surface area (Å²) in [7, 11) is -4.02. The van der Waals surface area contributed by atoms with Crippen LogP contribution in [0.1, 0.15) is 18.5 Å². The Kier molecular flexibility index (Phi) is 3.86. The average molecular weight is 295 g/mol. The number of hydrogen-bond acceptors (Lipinski definition) is 4. The third-order valence-corrected chi connectivity index (χ3v) is 4.25. The van der Waals surface area contributed by atoms with E-state index in [0.29, 0.717) is 0 Å². The van der Waals surface area contributed by atoms with Crippen molar-refractivity contribution in [2.75, 3.05) is 0 Å². The maximum absolute atomic E-state index is 12.1. The largest absolute Gasteiger partial charge is 0.325 e. The minimum absolute atomic E-state index is 0.507. The molecule has 0 amide bonds. The van der Waals surface area contributed by atoms with Crippen molar-refractivity contribution in [3.8, 4) is 0 Å². The Morgan fingerprint density at radius 2 is 1.80 bits per heavy atom. The first-order chi connectivity index (χ1) is 9.40. The fourth-order valence-corrected chi connectivity index (χ4v) is 2.94. The second kappa shape index (κ2) is 5.43. The van der Waals surface area contributed by atoms with E-state index in [1.165, 1.54) is 0 Å². The van der Waals surface area contributed by atoms with E-state index >= 15 is 0 Å². The summed E-state index contributed by atoms with van der Waals surface area (Å²) in [5.74, 6) is 0. The zero-order chi connectivity index (χ0) is 14.8. The van der Waals surface area contributed by atoms with Gasteiger partial charge in [-0.05, 0) is 12.5 Å². The Morgan fingerprint density at radius 3 is 2.40 bits per heavy atom. The molecule has 0 saturated carbocycles. The van der Waals surface area contributed by atoms with Crippen molar-refractivity contribution in [3.05, 3.63) is 62.9 Å². The summed E-state index contributed by atoms with van der Waals surface area (Å²) < 4.78 is 26.6. The van der Waals surface area contributed by atoms with Crippen LogP contribution in [-0.2, 0) is 10.0 Å². The molecule has 20 heavy (non-hydrogen) atoms. The van der Waals surface area contributed by atoms with Gasteiger partial charge in [-0.25, -0.2) is 17.9 Å². The predicted octanol–water partition coefficient (Wildman–Crippen LogP) is 0.103. The molecule has 2 rings (SSSR count). The topological polar surface area (TPSA) is 112 Å². The van der Waals surface area contributed by atoms with Crippen molar-refractivity contribution in [2.45, 2.75) is 17.9 Å². The molecule has 1 heterocycles. The van der Waals surface area contributed by atoms with Gasteiger partial charge in [0.2, 0.25) is 10.0 Å². The first-order valence-electron chi connectivity index (χ1n) is 5.79. The quantitative estimate of drug-likeness (QED) is 0.742. The van der Waals surface area contributed by atoms with Gasteiger partial charge < -0.3 is 4.98 Å². The van der Waals surface area contributed by atoms with Crippen LogP contribution in [0.3, 0.4) is 0 Å². The zero-order valence-corrected chi connectivity index (χ0v) is 11.4. The smallest absolute Gasteiger partial charge is 0.313 e. The van der Waals surface area contributed by atoms with Crippen molar-refractivity contribution in [1.82, 2.24) is 14.7 Å². The molecule has 0 aliphatic rings. The van der Waals surface area contributed by atoms with Crippen LogP contribution in [0.4, 0.5) is 0 Å². The molecule has 1 unspecified atom stereocenters. The van der Waals surface area contributed by atoms with E-state index in [4.69, 9.17) is 0 Å². The summed E-state index contributed by atoms with van der Waals surface area (Å²) in [4.78, 5) is 25.9. The fraction of sp³-hybridized carbons (Fsp3) is 0.167. The van der Waals surface area contributed by atoms with Crippen LogP contribution in [0.15, 0.2) is 51.0 Å². The number of sulfonamides is 1. The molecule has 3 N–H and O–H groups in total. The molecule has 0 bridgehead atoms. The summed E-state index contributed by atoms with van der Waals surface area (Å²) in [6, 6.07) is 8.42. The van der Waals surface area contributed by atoms with Gasteiger partial charge >= 0.3 is 5.69 Å². The molecule has 0 spiro atoms. The van der Waals surface area contributed by atoms with Crippen molar-refractivity contribution in [3.63, 3.8) is 0 Å². The van der Waals surface area contributed by atoms with Crippen LogP contribution in [0.5, 0.6) is 0 Å². The van der Waals surface area contributed by atoms with Crippen molar-refractivity contribution >= 4 is 10.0 Å². The van der Waals surface area contributed by atoms with Crippen molar-refractivity contribution in [1.29, 1.82) is 0 Å². The zero-order valence-electron chi connectivity index (χ0n) is 10.6. The monoisotopic (exact) mass is 295 g/mol. The lowest BCUT2D eigenvalue weighted by molar-refractivity contribution is 0.564. The fourth-order valence-electron chi connectivity index (χ4n) is 1.70. The van der Waals surface area contributed by atoms with Crippen LogP contribution in [0.25, 0.3) is 0 Å². The van der Waals surface area contributed by atoms with Gasteiger partial charge in [-0.15, -0.1) is 0 Å². The first kappa shape index (κ1) is 14.2. The van der Waals surface area contributed by atoms with Crippen LogP contribution in [0, 0.1) is 0 Å². The molecule has 0 radical (unpaired) electrons. The second-order valence-corrected chi connectivity index (χ2v) is 5.87. The maximum Gasteiger partial charge on any atom is 0.325 e. The van der Waals surface area contributed by atoms with Crippen LogP contribution in [-0.4, -0.2) is 18.4 Å². The van der Waals surface area contributed by atoms with Gasteiger partial charge in [0.15, 0.2) is 4.90 Å². The van der Waals surface area contributed by atoms with Gasteiger partial charge in [0.05, 0.1) is 0 Å². The van der Waals surface area contributed by atoms with Crippen LogP contribution >= 0.6 is 0 Å². The van der Waals surface area contributed by atoms with Crippen molar-refractivity contribution < 1.29 is 8.42 Å². The number of aromatic nitrogens is 2. The van der Waals surface area contributed by atoms with Gasteiger partial charge in [0.25, 0.3) is 5.56 Å². The highest BCUT2D eigenvalue weighted by atomic mass is 32.2. The lowest BCUT2D eigenvalue weighted by atomic mass is 10.1. The summed E-state index contributed by atoms with van der Waals surface area (Å²) in [6.07, 6.45) is 0.876. The van der Waals surface area contributed by atoms with E-state index in [9.17, 15) is 18.0 Å². The first-order valence-corrected chi connectivity index (χ1v) is 7.28. The Balaban J connectivity index is 2.32. The number of H-pyrrole nitrogens is 2. The van der Waals surface area contributed by atoms with Crippen molar-refractivity contribution in [2.24, 2.45) is 0 Å². The van der Waals surface area contributed by atoms with E-state index in [1.807, 2.05) is 11.1 Å². The highest BCUT2D eigenvalue weighted by Gasteiger charge is 2.21. The lowest BCUT2D eigenvalue weighted by Crippen LogP contribution is -2.34. The second-order valence-electron chi connectivity index (χ2n) is 4.19. The van der Waals surface area contributed by atoms with E-state index in [0.717, 1.165) is 11.8 Å². The molecule has 2 aromatic rings. The molecule has 0 aliphatic carbocycles. The van der Waals surface area contributed by atoms with Crippen LogP contribution in [0.2, 0.25) is 0 Å². The molecule has 1 aromatic heterocycles. The van der Waals surface area contributed by atoms with Gasteiger partial charge in [-0.1, -0.05) is 30.3 Å². The lowest BCUT2D eigenvalue weighted by Gasteiger charge is -2.13. The number of aromatic amines is 2. The molecule has 7 nitrogen and oxygen atoms in total. The molecule has 8 heteroatoms. The molecular weight excluding hydrogens is 282 g/mol. The highest BCUT2D eigenvalue weighted by Crippen LogP contribution is 2.14. The number of rotatable bonds is 4. The molecule has 1 atom stereocenters. The normalized spacial score (nSPS) is 13.1. The van der Waals surface area contributed by atoms with E-state index in [2.05, 4.69) is 9.71 Å². The van der Waals surface area contributed by atoms with Gasteiger partial charge in [-0.3, -0.25) is 9.78 Å². The van der Waals surface area contributed by atoms with E-state index < -0.39 is 32.2 Å². The minimum Gasteiger partial charge on any atom is -0.313 e. The Bertz CT molecular complexity index is 808. The Labute approximate surface area is 114 Å². The van der Waals surface area contributed by atoms with Gasteiger partial charge in [-0.2, -0.15) is 0 Å². The summed E-state index contributed by atoms with van der Waals surface area (Å²) in [5, 5.41) is 0. The predicted molar refractivity (Wildman–Crippen MR) is 72.9 cm³/mol. The number of benzene rings is 1. The Morgan fingerprint density at radius 1 is 1.15 bits per heavy atom. The standard InChI is InChI=1S/C12H13N3O4S/c1-8(9-5-3-2-4-6-9)15-20(18,19)10-7-13-12(17)14-11(10)16/h2-8,15H,1H3,(H2,13,14,16,17). The molecule has 0 aliphatic heterocycles. The third kappa shape index (κ3) is 3.03. The minimum atomic E-state index is -4.02. The van der Waals surface area contributed by atoms with Gasteiger partial charge in [0.1, 0.15) is 0 Å². The molecule has 0 saturated heterocycles. The van der Waals surface area contributed by atoms with E-state index in [1.54, 1.807) is 31.2 Å². The molecule has 106 valence electrons. The maximum atomic E-state index is 12.1. The summed E-state index contributed by atoms with van der Waals surface area (Å²) in [5.41, 5.74) is -0.955. The third-order valence-electron chi connectivity index (χ3n) is 2.71. The SMILES string of the molecule is CC(NS(=O)(=O)c1c[nH]c(=O)[nH]c1=O)c1ccccc1. The Hall–Kier alpha value is -2.19. The summed E-state index contributed by atoms with van der Waals surface area (Å²) in [6.45, 7) is 1.66.